The lowest BCUT2D eigenvalue weighted by Gasteiger charge is -2.18. The van der Waals surface area contributed by atoms with Crippen molar-refractivity contribution in [2.24, 2.45) is 0 Å². The van der Waals surface area contributed by atoms with Crippen LogP contribution in [0, 0.1) is 0 Å². The number of hydrogen-bond donors (Lipinski definition) is 0. The average Bonchev–Trinajstić information content (AvgIpc) is 3.30. The van der Waals surface area contributed by atoms with E-state index in [1.54, 1.807) is 0 Å². The van der Waals surface area contributed by atoms with Gasteiger partial charge in [-0.05, 0) is 109 Å². The second-order valence-corrected chi connectivity index (χ2v) is 17.7. The maximum absolute atomic E-state index is 12.8. The monoisotopic (exact) mass is 905 g/mol. The number of ether oxygens (including phenoxy) is 3. The molecule has 0 fully saturated rings. The maximum Gasteiger partial charge on any atom is 0.306 e. The van der Waals surface area contributed by atoms with E-state index in [2.05, 4.69) is 106 Å². The van der Waals surface area contributed by atoms with Gasteiger partial charge < -0.3 is 14.2 Å². The molecular weight excluding hydrogens is 805 g/mol. The third kappa shape index (κ3) is 51.4. The second kappa shape index (κ2) is 53.2. The molecule has 0 spiro atoms. The molecule has 0 radical (unpaired) electrons. The summed E-state index contributed by atoms with van der Waals surface area (Å²) in [4.78, 5) is 38.1. The summed E-state index contributed by atoms with van der Waals surface area (Å²) in [6, 6.07) is 0. The molecule has 0 aromatic carbocycles. The molecule has 0 aromatic rings. The van der Waals surface area contributed by atoms with E-state index in [-0.39, 0.29) is 31.1 Å². The van der Waals surface area contributed by atoms with Crippen LogP contribution in [-0.2, 0) is 28.6 Å². The SMILES string of the molecule is CC/C=C\C/C=C\C/C=C\CCCCCCCC(=O)OCC(COC(=O)CCCCCCC/C=C\C/C=C\C/C=C\CC)OC(=O)CCCCCCCCC/C=C\CCCCCCCC. The van der Waals surface area contributed by atoms with Gasteiger partial charge in [-0.1, -0.05) is 209 Å². The van der Waals surface area contributed by atoms with Gasteiger partial charge in [0.15, 0.2) is 6.10 Å². The van der Waals surface area contributed by atoms with E-state index >= 15 is 0 Å². The van der Waals surface area contributed by atoms with Gasteiger partial charge in [-0.25, -0.2) is 0 Å². The first-order valence-electron chi connectivity index (χ1n) is 27.1. The zero-order valence-corrected chi connectivity index (χ0v) is 42.5. The van der Waals surface area contributed by atoms with Gasteiger partial charge >= 0.3 is 17.9 Å². The highest BCUT2D eigenvalue weighted by Gasteiger charge is 2.19. The predicted octanol–water partition coefficient (Wildman–Crippen LogP) is 18.0. The smallest absolute Gasteiger partial charge is 0.306 e. The summed E-state index contributed by atoms with van der Waals surface area (Å²) in [5.74, 6) is -0.928. The van der Waals surface area contributed by atoms with Crippen LogP contribution >= 0.6 is 0 Å². The molecule has 0 amide bonds. The Hall–Kier alpha value is -3.41. The largest absolute Gasteiger partial charge is 0.462 e. The maximum atomic E-state index is 12.8. The Bertz CT molecular complexity index is 1200. The minimum absolute atomic E-state index is 0.0932. The molecule has 0 N–H and O–H groups in total. The van der Waals surface area contributed by atoms with Crippen LogP contribution in [0.2, 0.25) is 0 Å². The van der Waals surface area contributed by atoms with Gasteiger partial charge in [0.25, 0.3) is 0 Å². The van der Waals surface area contributed by atoms with Gasteiger partial charge in [0.05, 0.1) is 0 Å². The molecule has 6 heteroatoms. The molecule has 0 aliphatic rings. The molecule has 0 aliphatic carbocycles. The number of unbranched alkanes of at least 4 members (excludes halogenated alkanes) is 23. The molecule has 0 bridgehead atoms. The van der Waals surface area contributed by atoms with Crippen LogP contribution in [0.5, 0.6) is 0 Å². The molecular formula is C59H100O6. The Labute approximate surface area is 401 Å². The fourth-order valence-electron chi connectivity index (χ4n) is 7.35. The number of carbonyl (C=O) groups excluding carboxylic acids is 3. The first-order chi connectivity index (χ1) is 32.0. The van der Waals surface area contributed by atoms with Crippen molar-refractivity contribution >= 4 is 17.9 Å². The topological polar surface area (TPSA) is 78.9 Å². The lowest BCUT2D eigenvalue weighted by Crippen LogP contribution is -2.30. The van der Waals surface area contributed by atoms with Gasteiger partial charge in [-0.2, -0.15) is 0 Å². The van der Waals surface area contributed by atoms with Crippen molar-refractivity contribution in [3.05, 3.63) is 85.1 Å². The number of esters is 3. The Morgan fingerprint density at radius 1 is 0.323 bits per heavy atom. The molecule has 0 aromatic heterocycles. The zero-order valence-electron chi connectivity index (χ0n) is 42.5. The zero-order chi connectivity index (χ0) is 47.2. The fraction of sp³-hybridized carbons (Fsp3) is 0.712. The minimum Gasteiger partial charge on any atom is -0.462 e. The van der Waals surface area contributed by atoms with Crippen LogP contribution in [0.4, 0.5) is 0 Å². The molecule has 372 valence electrons. The average molecular weight is 905 g/mol. The number of rotatable bonds is 48. The third-order valence-corrected chi connectivity index (χ3v) is 11.4. The summed E-state index contributed by atoms with van der Waals surface area (Å²) < 4.78 is 16.8. The summed E-state index contributed by atoms with van der Waals surface area (Å²) in [5.41, 5.74) is 0. The van der Waals surface area contributed by atoms with Crippen molar-refractivity contribution in [2.75, 3.05) is 13.2 Å². The first-order valence-corrected chi connectivity index (χ1v) is 27.1. The van der Waals surface area contributed by atoms with Crippen molar-refractivity contribution in [3.8, 4) is 0 Å². The van der Waals surface area contributed by atoms with Crippen molar-refractivity contribution in [2.45, 2.75) is 258 Å². The van der Waals surface area contributed by atoms with E-state index in [4.69, 9.17) is 14.2 Å². The Morgan fingerprint density at radius 2 is 0.600 bits per heavy atom. The van der Waals surface area contributed by atoms with E-state index < -0.39 is 6.10 Å². The lowest BCUT2D eigenvalue weighted by atomic mass is 10.1. The molecule has 0 unspecified atom stereocenters. The summed E-state index contributed by atoms with van der Waals surface area (Å²) >= 11 is 0. The highest BCUT2D eigenvalue weighted by molar-refractivity contribution is 5.71. The van der Waals surface area contributed by atoms with Crippen molar-refractivity contribution < 1.29 is 28.6 Å². The number of carbonyl (C=O) groups is 3. The van der Waals surface area contributed by atoms with Crippen LogP contribution in [0.3, 0.4) is 0 Å². The first kappa shape index (κ1) is 61.6. The van der Waals surface area contributed by atoms with Gasteiger partial charge in [0, 0.05) is 19.3 Å². The Kier molecular flexibility index (Phi) is 50.4. The summed E-state index contributed by atoms with van der Waals surface area (Å²) in [5, 5.41) is 0. The van der Waals surface area contributed by atoms with Gasteiger partial charge in [0.1, 0.15) is 13.2 Å². The molecule has 65 heavy (non-hydrogen) atoms. The minimum atomic E-state index is -0.793. The quantitative estimate of drug-likeness (QED) is 0.0262. The van der Waals surface area contributed by atoms with Crippen LogP contribution < -0.4 is 0 Å². The van der Waals surface area contributed by atoms with Crippen LogP contribution in [0.15, 0.2) is 85.1 Å². The predicted molar refractivity (Wildman–Crippen MR) is 279 cm³/mol. The van der Waals surface area contributed by atoms with Crippen LogP contribution in [0.25, 0.3) is 0 Å². The number of hydrogen-bond acceptors (Lipinski definition) is 6. The lowest BCUT2D eigenvalue weighted by molar-refractivity contribution is -0.167. The van der Waals surface area contributed by atoms with Crippen molar-refractivity contribution in [3.63, 3.8) is 0 Å². The van der Waals surface area contributed by atoms with Gasteiger partial charge in [0.2, 0.25) is 0 Å². The number of allylic oxidation sites excluding steroid dienone is 14. The summed E-state index contributed by atoms with van der Waals surface area (Å²) in [6.07, 6.45) is 68.5. The van der Waals surface area contributed by atoms with E-state index in [9.17, 15) is 14.4 Å². The molecule has 6 nitrogen and oxygen atoms in total. The summed E-state index contributed by atoms with van der Waals surface area (Å²) in [7, 11) is 0. The second-order valence-electron chi connectivity index (χ2n) is 17.7. The highest BCUT2D eigenvalue weighted by atomic mass is 16.6. The van der Waals surface area contributed by atoms with E-state index in [1.807, 2.05) is 0 Å². The molecule has 0 saturated heterocycles. The van der Waals surface area contributed by atoms with E-state index in [0.717, 1.165) is 135 Å². The molecule has 0 heterocycles. The molecule has 0 aliphatic heterocycles. The fourth-order valence-corrected chi connectivity index (χ4v) is 7.35. The van der Waals surface area contributed by atoms with E-state index in [0.29, 0.717) is 19.3 Å². The van der Waals surface area contributed by atoms with Crippen LogP contribution in [0.1, 0.15) is 252 Å². The third-order valence-electron chi connectivity index (χ3n) is 11.4. The molecule has 0 atom stereocenters. The summed E-state index contributed by atoms with van der Waals surface area (Å²) in [6.45, 7) is 6.38. The van der Waals surface area contributed by atoms with Gasteiger partial charge in [-0.15, -0.1) is 0 Å². The molecule has 0 rings (SSSR count). The highest BCUT2D eigenvalue weighted by Crippen LogP contribution is 2.14. The van der Waals surface area contributed by atoms with Crippen LogP contribution in [-0.4, -0.2) is 37.2 Å². The van der Waals surface area contributed by atoms with Crippen molar-refractivity contribution in [1.82, 2.24) is 0 Å². The standard InChI is InChI=1S/C59H100O6/c1-4-7-10-13-16-19-22-25-28-29-32-35-38-41-44-47-50-53-59(62)65-56(54-63-57(60)51-48-45-42-39-36-33-30-26-23-20-17-14-11-8-5-2)55-64-58(61)52-49-46-43-40-37-34-31-27-24-21-18-15-12-9-6-3/h8-9,11-12,17-18,20-21,25-28,30-31,56H,4-7,10,13-16,19,22-24,29,32-55H2,1-3H3/b11-8-,12-9-,20-17-,21-18-,28-25-,30-26-,31-27-. The van der Waals surface area contributed by atoms with Crippen molar-refractivity contribution in [1.29, 1.82) is 0 Å². The van der Waals surface area contributed by atoms with E-state index in [1.165, 1.54) is 77.0 Å². The molecule has 0 saturated carbocycles. The normalized spacial score (nSPS) is 12.3. The Balaban J connectivity index is 4.44. The Morgan fingerprint density at radius 3 is 0.954 bits per heavy atom. The van der Waals surface area contributed by atoms with Gasteiger partial charge in [-0.3, -0.25) is 14.4 Å².